The maximum Gasteiger partial charge on any atom is 0.123 e. The third-order valence-electron chi connectivity index (χ3n) is 3.08. The zero-order valence-corrected chi connectivity index (χ0v) is 13.8. The van der Waals surface area contributed by atoms with E-state index in [2.05, 4.69) is 26.1 Å². The Kier molecular flexibility index (Phi) is 5.58. The molecule has 108 valence electrons. The first kappa shape index (κ1) is 15.5. The van der Waals surface area contributed by atoms with Gasteiger partial charge in [-0.15, -0.1) is 11.3 Å². The average Bonchev–Trinajstić information content (AvgIpc) is 2.84. The molecule has 0 fully saturated rings. The molecular weight excluding hydrogens is 288 g/mol. The Morgan fingerprint density at radius 1 is 1.25 bits per heavy atom. The molecule has 20 heavy (non-hydrogen) atoms. The third-order valence-corrected chi connectivity index (χ3v) is 4.45. The molecule has 0 saturated heterocycles. The molecular formula is C16H21ClN2S. The molecule has 0 aliphatic rings. The van der Waals surface area contributed by atoms with Gasteiger partial charge in [0.15, 0.2) is 0 Å². The van der Waals surface area contributed by atoms with Gasteiger partial charge in [-0.05, 0) is 31.0 Å². The van der Waals surface area contributed by atoms with Crippen molar-refractivity contribution in [2.45, 2.75) is 39.7 Å². The lowest BCUT2D eigenvalue weighted by atomic mass is 10.1. The Morgan fingerprint density at radius 3 is 2.55 bits per heavy atom. The lowest BCUT2D eigenvalue weighted by Crippen LogP contribution is -2.14. The maximum absolute atomic E-state index is 5.94. The van der Waals surface area contributed by atoms with Crippen molar-refractivity contribution in [3.05, 3.63) is 39.9 Å². The molecule has 0 atom stereocenters. The third kappa shape index (κ3) is 3.81. The minimum absolute atomic E-state index is 0.450. The highest BCUT2D eigenvalue weighted by Crippen LogP contribution is 2.32. The van der Waals surface area contributed by atoms with Gasteiger partial charge in [0.05, 0.1) is 5.69 Å². The van der Waals surface area contributed by atoms with Gasteiger partial charge < -0.3 is 5.32 Å². The fraction of sp³-hybridized carbons (Fsp3) is 0.438. The van der Waals surface area contributed by atoms with E-state index in [1.54, 1.807) is 11.3 Å². The molecule has 0 saturated carbocycles. The number of halogens is 1. The molecule has 1 heterocycles. The van der Waals surface area contributed by atoms with Crippen LogP contribution in [0.25, 0.3) is 10.6 Å². The number of thiazole rings is 1. The molecule has 0 amide bonds. The first-order valence-electron chi connectivity index (χ1n) is 7.08. The fourth-order valence-electron chi connectivity index (χ4n) is 2.04. The van der Waals surface area contributed by atoms with Crippen molar-refractivity contribution in [2.24, 2.45) is 0 Å². The highest BCUT2D eigenvalue weighted by molar-refractivity contribution is 7.15. The number of hydrogen-bond acceptors (Lipinski definition) is 3. The summed E-state index contributed by atoms with van der Waals surface area (Å²) < 4.78 is 0. The Hall–Kier alpha value is -0.900. The Bertz CT molecular complexity index is 546. The number of aromatic nitrogens is 1. The minimum atomic E-state index is 0.450. The zero-order chi connectivity index (χ0) is 14.5. The van der Waals surface area contributed by atoms with Crippen LogP contribution in [0, 0.1) is 0 Å². The van der Waals surface area contributed by atoms with Gasteiger partial charge in [0.2, 0.25) is 0 Å². The molecule has 0 spiro atoms. The van der Waals surface area contributed by atoms with Crippen LogP contribution < -0.4 is 5.32 Å². The summed E-state index contributed by atoms with van der Waals surface area (Å²) in [6, 6.07) is 7.91. The van der Waals surface area contributed by atoms with Crippen molar-refractivity contribution in [3.8, 4) is 10.6 Å². The predicted octanol–water partition coefficient (Wildman–Crippen LogP) is 5.09. The highest BCUT2D eigenvalue weighted by Gasteiger charge is 2.14. The van der Waals surface area contributed by atoms with Crippen LogP contribution in [0.4, 0.5) is 0 Å². The van der Waals surface area contributed by atoms with E-state index in [-0.39, 0.29) is 0 Å². The van der Waals surface area contributed by atoms with Crippen molar-refractivity contribution in [1.29, 1.82) is 0 Å². The van der Waals surface area contributed by atoms with Gasteiger partial charge >= 0.3 is 0 Å². The molecule has 4 heteroatoms. The van der Waals surface area contributed by atoms with Gasteiger partial charge in [-0.1, -0.05) is 44.5 Å². The monoisotopic (exact) mass is 308 g/mol. The van der Waals surface area contributed by atoms with Crippen molar-refractivity contribution in [1.82, 2.24) is 10.3 Å². The zero-order valence-electron chi connectivity index (χ0n) is 12.2. The standard InChI is InChI=1S/C16H21ClN2S/c1-4-9-18-10-14-15(11(2)3)19-16(20-14)12-5-7-13(17)8-6-12/h5-8,11,18H,4,9-10H2,1-3H3. The van der Waals surface area contributed by atoms with Crippen LogP contribution in [0.2, 0.25) is 5.02 Å². The molecule has 2 nitrogen and oxygen atoms in total. The topological polar surface area (TPSA) is 24.9 Å². The van der Waals surface area contributed by atoms with Gasteiger partial charge in [0.25, 0.3) is 0 Å². The summed E-state index contributed by atoms with van der Waals surface area (Å²) >= 11 is 7.72. The van der Waals surface area contributed by atoms with Crippen molar-refractivity contribution < 1.29 is 0 Å². The first-order chi connectivity index (χ1) is 9.61. The molecule has 0 bridgehead atoms. The van der Waals surface area contributed by atoms with Crippen LogP contribution in [0.15, 0.2) is 24.3 Å². The van der Waals surface area contributed by atoms with Crippen molar-refractivity contribution in [2.75, 3.05) is 6.54 Å². The second kappa shape index (κ2) is 7.21. The summed E-state index contributed by atoms with van der Waals surface area (Å²) in [6.07, 6.45) is 1.15. The largest absolute Gasteiger partial charge is 0.312 e. The van der Waals surface area contributed by atoms with E-state index in [9.17, 15) is 0 Å². The van der Waals surface area contributed by atoms with E-state index < -0.39 is 0 Å². The molecule has 0 unspecified atom stereocenters. The van der Waals surface area contributed by atoms with Crippen LogP contribution in [0.5, 0.6) is 0 Å². The quantitative estimate of drug-likeness (QED) is 0.752. The lowest BCUT2D eigenvalue weighted by molar-refractivity contribution is 0.670. The van der Waals surface area contributed by atoms with Crippen LogP contribution in [0.1, 0.15) is 43.7 Å². The Labute approximate surface area is 130 Å². The average molecular weight is 309 g/mol. The van der Waals surface area contributed by atoms with Gasteiger partial charge in [0, 0.05) is 22.0 Å². The smallest absolute Gasteiger partial charge is 0.123 e. The van der Waals surface area contributed by atoms with Crippen LogP contribution in [0.3, 0.4) is 0 Å². The summed E-state index contributed by atoms with van der Waals surface area (Å²) in [5.41, 5.74) is 2.35. The summed E-state index contributed by atoms with van der Waals surface area (Å²) in [6.45, 7) is 8.54. The predicted molar refractivity (Wildman–Crippen MR) is 88.6 cm³/mol. The van der Waals surface area contributed by atoms with Gasteiger partial charge in [-0.2, -0.15) is 0 Å². The summed E-state index contributed by atoms with van der Waals surface area (Å²) in [5, 5.41) is 5.32. The van der Waals surface area contributed by atoms with Crippen LogP contribution >= 0.6 is 22.9 Å². The minimum Gasteiger partial charge on any atom is -0.312 e. The van der Waals surface area contributed by atoms with Crippen molar-refractivity contribution >= 4 is 22.9 Å². The van der Waals surface area contributed by atoms with Crippen LogP contribution in [-0.2, 0) is 6.54 Å². The van der Waals surface area contributed by atoms with E-state index in [4.69, 9.17) is 16.6 Å². The normalized spacial score (nSPS) is 11.2. The maximum atomic E-state index is 5.94. The highest BCUT2D eigenvalue weighted by atomic mass is 35.5. The molecule has 1 N–H and O–H groups in total. The molecule has 2 aromatic rings. The number of nitrogens with one attached hydrogen (secondary N) is 1. The molecule has 1 aromatic heterocycles. The van der Waals surface area contributed by atoms with E-state index >= 15 is 0 Å². The molecule has 0 aliphatic heterocycles. The SMILES string of the molecule is CCCNCc1sc(-c2ccc(Cl)cc2)nc1C(C)C. The number of nitrogens with zero attached hydrogens (tertiary/aromatic N) is 1. The summed E-state index contributed by atoms with van der Waals surface area (Å²) in [7, 11) is 0. The second-order valence-corrected chi connectivity index (χ2v) is 6.69. The van der Waals surface area contributed by atoms with Crippen molar-refractivity contribution in [3.63, 3.8) is 0 Å². The van der Waals surface area contributed by atoms with Crippen LogP contribution in [-0.4, -0.2) is 11.5 Å². The van der Waals surface area contributed by atoms with E-state index in [0.717, 1.165) is 35.1 Å². The molecule has 0 aliphatic carbocycles. The lowest BCUT2D eigenvalue weighted by Gasteiger charge is -2.05. The number of rotatable bonds is 6. The van der Waals surface area contributed by atoms with Gasteiger partial charge in [-0.3, -0.25) is 0 Å². The summed E-state index contributed by atoms with van der Waals surface area (Å²) in [5.74, 6) is 0.450. The van der Waals surface area contributed by atoms with E-state index in [1.165, 1.54) is 10.6 Å². The number of hydrogen-bond donors (Lipinski definition) is 1. The number of benzene rings is 1. The first-order valence-corrected chi connectivity index (χ1v) is 8.27. The summed E-state index contributed by atoms with van der Waals surface area (Å²) in [4.78, 5) is 6.17. The molecule has 0 radical (unpaired) electrons. The second-order valence-electron chi connectivity index (χ2n) is 5.17. The van der Waals surface area contributed by atoms with E-state index in [0.29, 0.717) is 5.92 Å². The molecule has 1 aromatic carbocycles. The Balaban J connectivity index is 2.26. The Morgan fingerprint density at radius 2 is 1.95 bits per heavy atom. The molecule has 2 rings (SSSR count). The van der Waals surface area contributed by atoms with Gasteiger partial charge in [-0.25, -0.2) is 4.98 Å². The fourth-order valence-corrected chi connectivity index (χ4v) is 3.35. The van der Waals surface area contributed by atoms with Gasteiger partial charge in [0.1, 0.15) is 5.01 Å². The van der Waals surface area contributed by atoms with E-state index in [1.807, 2.05) is 24.3 Å².